The molecule has 2 rings (SSSR count). The highest BCUT2D eigenvalue weighted by Crippen LogP contribution is 2.31. The average molecular weight is 399 g/mol. The molecule has 1 heterocycles. The van der Waals surface area contributed by atoms with Crippen LogP contribution in [0.2, 0.25) is 10.0 Å². The lowest BCUT2D eigenvalue weighted by Gasteiger charge is -2.28. The molecule has 144 valence electrons. The van der Waals surface area contributed by atoms with Gasteiger partial charge in [-0.3, -0.25) is 9.59 Å². The number of carbonyl (C=O) groups is 2. The van der Waals surface area contributed by atoms with E-state index in [0.717, 1.165) is 12.0 Å². The molecule has 2 unspecified atom stereocenters. The zero-order valence-corrected chi connectivity index (χ0v) is 17.5. The molecule has 0 saturated carbocycles. The highest BCUT2D eigenvalue weighted by Gasteiger charge is 2.35. The standard InChI is InChI=1S/C20H28Cl2N2O2/c1-13(18-14(21)7-5-8-15(18)22)12-23-19(26)16-9-6-10-24(16)17(25)11-20(2,3)4/h5,7-8,13,16H,6,9-12H2,1-4H3,(H,23,26). The smallest absolute Gasteiger partial charge is 0.242 e. The Morgan fingerprint density at radius 3 is 2.46 bits per heavy atom. The fourth-order valence-corrected chi connectivity index (χ4v) is 4.12. The molecule has 1 aromatic rings. The topological polar surface area (TPSA) is 49.4 Å². The summed E-state index contributed by atoms with van der Waals surface area (Å²) in [6.07, 6.45) is 2.02. The van der Waals surface area contributed by atoms with Gasteiger partial charge in [-0.2, -0.15) is 0 Å². The van der Waals surface area contributed by atoms with Crippen LogP contribution in [0.5, 0.6) is 0 Å². The van der Waals surface area contributed by atoms with Crippen molar-refractivity contribution in [2.24, 2.45) is 5.41 Å². The third-order valence-electron chi connectivity index (χ3n) is 4.63. The number of nitrogens with one attached hydrogen (secondary N) is 1. The molecule has 26 heavy (non-hydrogen) atoms. The first-order chi connectivity index (χ1) is 12.1. The van der Waals surface area contributed by atoms with Crippen molar-refractivity contribution in [3.05, 3.63) is 33.8 Å². The number of benzene rings is 1. The SMILES string of the molecule is CC(CNC(=O)C1CCCN1C(=O)CC(C)(C)C)c1c(Cl)cccc1Cl. The lowest BCUT2D eigenvalue weighted by atomic mass is 9.91. The molecular formula is C20H28Cl2N2O2. The molecule has 1 N–H and O–H groups in total. The second-order valence-corrected chi connectivity index (χ2v) is 9.08. The maximum atomic E-state index is 12.7. The molecule has 0 radical (unpaired) electrons. The highest BCUT2D eigenvalue weighted by molar-refractivity contribution is 6.36. The van der Waals surface area contributed by atoms with Gasteiger partial charge in [0, 0.05) is 35.5 Å². The van der Waals surface area contributed by atoms with Gasteiger partial charge in [0.25, 0.3) is 0 Å². The van der Waals surface area contributed by atoms with Crippen LogP contribution in [0.1, 0.15) is 58.4 Å². The molecule has 1 aliphatic heterocycles. The van der Waals surface area contributed by atoms with E-state index in [0.29, 0.717) is 36.0 Å². The van der Waals surface area contributed by atoms with E-state index in [9.17, 15) is 9.59 Å². The van der Waals surface area contributed by atoms with Gasteiger partial charge in [-0.05, 0) is 36.0 Å². The summed E-state index contributed by atoms with van der Waals surface area (Å²) in [5.74, 6) is -0.0580. The quantitative estimate of drug-likeness (QED) is 0.784. The summed E-state index contributed by atoms with van der Waals surface area (Å²) >= 11 is 12.5. The first-order valence-electron chi connectivity index (χ1n) is 9.11. The summed E-state index contributed by atoms with van der Waals surface area (Å²) in [6.45, 7) is 9.16. The minimum Gasteiger partial charge on any atom is -0.354 e. The fraction of sp³-hybridized carbons (Fsp3) is 0.600. The predicted molar refractivity (Wildman–Crippen MR) is 107 cm³/mol. The Labute approximate surface area is 166 Å². The molecule has 0 bridgehead atoms. The van der Waals surface area contributed by atoms with Crippen molar-refractivity contribution < 1.29 is 9.59 Å². The highest BCUT2D eigenvalue weighted by atomic mass is 35.5. The van der Waals surface area contributed by atoms with Crippen molar-refractivity contribution in [3.63, 3.8) is 0 Å². The van der Waals surface area contributed by atoms with Crippen molar-refractivity contribution in [2.75, 3.05) is 13.1 Å². The normalized spacial score (nSPS) is 18.7. The molecule has 0 spiro atoms. The van der Waals surface area contributed by atoms with Gasteiger partial charge < -0.3 is 10.2 Å². The van der Waals surface area contributed by atoms with Gasteiger partial charge in [0.2, 0.25) is 11.8 Å². The molecule has 4 nitrogen and oxygen atoms in total. The number of amides is 2. The van der Waals surface area contributed by atoms with Gasteiger partial charge in [-0.1, -0.05) is 57.0 Å². The van der Waals surface area contributed by atoms with Crippen LogP contribution in [0.15, 0.2) is 18.2 Å². The van der Waals surface area contributed by atoms with Crippen molar-refractivity contribution in [2.45, 2.75) is 58.9 Å². The van der Waals surface area contributed by atoms with Gasteiger partial charge in [-0.15, -0.1) is 0 Å². The van der Waals surface area contributed by atoms with Crippen LogP contribution in [0.4, 0.5) is 0 Å². The van der Waals surface area contributed by atoms with Crippen molar-refractivity contribution in [1.29, 1.82) is 0 Å². The summed E-state index contributed by atoms with van der Waals surface area (Å²) in [7, 11) is 0. The minimum atomic E-state index is -0.376. The molecule has 2 atom stereocenters. The Morgan fingerprint density at radius 2 is 1.88 bits per heavy atom. The van der Waals surface area contributed by atoms with E-state index in [1.54, 1.807) is 23.1 Å². The third kappa shape index (κ3) is 5.37. The Morgan fingerprint density at radius 1 is 1.27 bits per heavy atom. The van der Waals surface area contributed by atoms with Crippen LogP contribution >= 0.6 is 23.2 Å². The van der Waals surface area contributed by atoms with Gasteiger partial charge in [0.1, 0.15) is 6.04 Å². The predicted octanol–water partition coefficient (Wildman–Crippen LogP) is 4.64. The maximum absolute atomic E-state index is 12.7. The molecule has 2 amide bonds. The molecule has 6 heteroatoms. The van der Waals surface area contributed by atoms with Crippen molar-refractivity contribution in [1.82, 2.24) is 10.2 Å². The number of hydrogen-bond acceptors (Lipinski definition) is 2. The van der Waals surface area contributed by atoms with E-state index in [2.05, 4.69) is 5.32 Å². The summed E-state index contributed by atoms with van der Waals surface area (Å²) in [4.78, 5) is 26.9. The largest absolute Gasteiger partial charge is 0.354 e. The molecular weight excluding hydrogens is 371 g/mol. The van der Waals surface area contributed by atoms with E-state index >= 15 is 0 Å². The number of nitrogens with zero attached hydrogens (tertiary/aromatic N) is 1. The zero-order valence-electron chi connectivity index (χ0n) is 15.9. The molecule has 1 saturated heterocycles. The summed E-state index contributed by atoms with van der Waals surface area (Å²) in [5, 5.41) is 4.17. The van der Waals surface area contributed by atoms with E-state index in [-0.39, 0.29) is 29.2 Å². The van der Waals surface area contributed by atoms with Crippen molar-refractivity contribution >= 4 is 35.0 Å². The molecule has 0 aliphatic carbocycles. The van der Waals surface area contributed by atoms with Crippen LogP contribution in [-0.4, -0.2) is 35.8 Å². The van der Waals surface area contributed by atoms with E-state index in [1.165, 1.54) is 0 Å². The summed E-state index contributed by atoms with van der Waals surface area (Å²) < 4.78 is 0. The minimum absolute atomic E-state index is 0.0136. The van der Waals surface area contributed by atoms with Crippen LogP contribution in [0.25, 0.3) is 0 Å². The van der Waals surface area contributed by atoms with Gasteiger partial charge in [-0.25, -0.2) is 0 Å². The monoisotopic (exact) mass is 398 g/mol. The zero-order chi connectivity index (χ0) is 19.5. The molecule has 1 fully saturated rings. The van der Waals surface area contributed by atoms with Crippen molar-refractivity contribution in [3.8, 4) is 0 Å². The number of likely N-dealkylation sites (tertiary alicyclic amines) is 1. The average Bonchev–Trinajstić information content (AvgIpc) is 3.00. The number of halogens is 2. The Hall–Kier alpha value is -1.26. The van der Waals surface area contributed by atoms with E-state index in [1.807, 2.05) is 27.7 Å². The number of rotatable bonds is 5. The maximum Gasteiger partial charge on any atom is 0.242 e. The summed E-state index contributed by atoms with van der Waals surface area (Å²) in [6, 6.07) is 5.02. The first-order valence-corrected chi connectivity index (χ1v) is 9.87. The summed E-state index contributed by atoms with van der Waals surface area (Å²) in [5.41, 5.74) is 0.749. The lowest BCUT2D eigenvalue weighted by Crippen LogP contribution is -2.47. The number of carbonyl (C=O) groups excluding carboxylic acids is 2. The second-order valence-electron chi connectivity index (χ2n) is 8.26. The molecule has 0 aromatic heterocycles. The first kappa shape index (κ1) is 21.0. The van der Waals surface area contributed by atoms with Gasteiger partial charge in [0.05, 0.1) is 0 Å². The number of hydrogen-bond donors (Lipinski definition) is 1. The van der Waals surface area contributed by atoms with Gasteiger partial charge >= 0.3 is 0 Å². The van der Waals surface area contributed by atoms with Crippen LogP contribution in [0, 0.1) is 5.41 Å². The van der Waals surface area contributed by atoms with E-state index < -0.39 is 0 Å². The van der Waals surface area contributed by atoms with Crippen LogP contribution in [-0.2, 0) is 9.59 Å². The molecule has 1 aromatic carbocycles. The Bertz CT molecular complexity index is 650. The molecule has 1 aliphatic rings. The Balaban J connectivity index is 1.97. The van der Waals surface area contributed by atoms with E-state index in [4.69, 9.17) is 23.2 Å². The Kier molecular flexibility index (Phi) is 6.98. The third-order valence-corrected chi connectivity index (χ3v) is 5.29. The second kappa shape index (κ2) is 8.62. The fourth-order valence-electron chi connectivity index (χ4n) is 3.35. The lowest BCUT2D eigenvalue weighted by molar-refractivity contribution is -0.139. The van der Waals surface area contributed by atoms with Gasteiger partial charge in [0.15, 0.2) is 0 Å². The van der Waals surface area contributed by atoms with Crippen LogP contribution < -0.4 is 5.32 Å². The van der Waals surface area contributed by atoms with Crippen LogP contribution in [0.3, 0.4) is 0 Å².